The monoisotopic (exact) mass is 241 g/mol. The van der Waals surface area contributed by atoms with E-state index in [0.29, 0.717) is 6.04 Å². The Balaban J connectivity index is 2.77. The molecular formula is C15H31NO. The van der Waals surface area contributed by atoms with Crippen LogP contribution < -0.4 is 5.32 Å². The molecule has 0 bridgehead atoms. The van der Waals surface area contributed by atoms with Gasteiger partial charge < -0.3 is 10.1 Å². The second-order valence-electron chi connectivity index (χ2n) is 5.60. The van der Waals surface area contributed by atoms with Crippen LogP contribution in [0.4, 0.5) is 0 Å². The highest BCUT2D eigenvalue weighted by Crippen LogP contribution is 2.39. The lowest BCUT2D eigenvalue weighted by Gasteiger charge is -2.45. The van der Waals surface area contributed by atoms with Crippen LogP contribution in [0, 0.1) is 5.92 Å². The standard InChI is InChI=1S/C15H31NO/c1-5-9-14(16-6-2)15(17-7-3)11-8-10-13(4)12-15/h13-14,16H,5-12H2,1-4H3. The first-order chi connectivity index (χ1) is 8.18. The molecule has 3 atom stereocenters. The highest BCUT2D eigenvalue weighted by atomic mass is 16.5. The van der Waals surface area contributed by atoms with Gasteiger partial charge in [-0.2, -0.15) is 0 Å². The Morgan fingerprint density at radius 2 is 2.12 bits per heavy atom. The zero-order valence-electron chi connectivity index (χ0n) is 12.2. The van der Waals surface area contributed by atoms with E-state index in [0.717, 1.165) is 19.1 Å². The first-order valence-corrected chi connectivity index (χ1v) is 7.55. The van der Waals surface area contributed by atoms with Crippen molar-refractivity contribution in [1.29, 1.82) is 0 Å². The zero-order valence-corrected chi connectivity index (χ0v) is 12.2. The molecular weight excluding hydrogens is 210 g/mol. The lowest BCUT2D eigenvalue weighted by atomic mass is 9.73. The molecule has 2 heteroatoms. The van der Waals surface area contributed by atoms with Gasteiger partial charge in [0.2, 0.25) is 0 Å². The normalized spacial score (nSPS) is 31.4. The first kappa shape index (κ1) is 15.0. The summed E-state index contributed by atoms with van der Waals surface area (Å²) in [5, 5.41) is 3.67. The highest BCUT2D eigenvalue weighted by Gasteiger charge is 2.41. The summed E-state index contributed by atoms with van der Waals surface area (Å²) in [4.78, 5) is 0. The SMILES string of the molecule is CCCC(NCC)C1(OCC)CCCC(C)C1. The lowest BCUT2D eigenvalue weighted by molar-refractivity contribution is -0.102. The van der Waals surface area contributed by atoms with E-state index in [-0.39, 0.29) is 5.60 Å². The van der Waals surface area contributed by atoms with Crippen LogP contribution in [0.15, 0.2) is 0 Å². The minimum absolute atomic E-state index is 0.110. The molecule has 1 fully saturated rings. The molecule has 0 aromatic carbocycles. The molecule has 1 N–H and O–H groups in total. The highest BCUT2D eigenvalue weighted by molar-refractivity contribution is 4.96. The molecule has 0 heterocycles. The largest absolute Gasteiger partial charge is 0.374 e. The molecule has 3 unspecified atom stereocenters. The second kappa shape index (κ2) is 7.38. The molecule has 0 aromatic heterocycles. The maximum atomic E-state index is 6.25. The molecule has 0 aliphatic heterocycles. The number of rotatable bonds is 7. The molecule has 1 rings (SSSR count). The van der Waals surface area contributed by atoms with Gasteiger partial charge in [-0.1, -0.05) is 40.0 Å². The lowest BCUT2D eigenvalue weighted by Crippen LogP contribution is -2.54. The predicted octanol–water partition coefficient (Wildman–Crippen LogP) is 3.75. The molecule has 0 radical (unpaired) electrons. The number of hydrogen-bond donors (Lipinski definition) is 1. The van der Waals surface area contributed by atoms with Gasteiger partial charge in [-0.3, -0.25) is 0 Å². The van der Waals surface area contributed by atoms with Crippen LogP contribution in [0.25, 0.3) is 0 Å². The first-order valence-electron chi connectivity index (χ1n) is 7.55. The van der Waals surface area contributed by atoms with Gasteiger partial charge >= 0.3 is 0 Å². The molecule has 1 aliphatic carbocycles. The van der Waals surface area contributed by atoms with Crippen LogP contribution in [0.5, 0.6) is 0 Å². The maximum Gasteiger partial charge on any atom is 0.0837 e. The van der Waals surface area contributed by atoms with E-state index < -0.39 is 0 Å². The third-order valence-corrected chi connectivity index (χ3v) is 4.09. The zero-order chi connectivity index (χ0) is 12.7. The van der Waals surface area contributed by atoms with Crippen molar-refractivity contribution >= 4 is 0 Å². The van der Waals surface area contributed by atoms with Gasteiger partial charge in [-0.05, 0) is 38.6 Å². The topological polar surface area (TPSA) is 21.3 Å². The van der Waals surface area contributed by atoms with E-state index in [2.05, 4.69) is 33.0 Å². The summed E-state index contributed by atoms with van der Waals surface area (Å²) in [5.74, 6) is 0.813. The molecule has 1 aliphatic rings. The number of likely N-dealkylation sites (N-methyl/N-ethyl adjacent to an activating group) is 1. The van der Waals surface area contributed by atoms with Crippen LogP contribution >= 0.6 is 0 Å². The average molecular weight is 241 g/mol. The van der Waals surface area contributed by atoms with Gasteiger partial charge in [0.05, 0.1) is 5.60 Å². The van der Waals surface area contributed by atoms with Crippen molar-refractivity contribution in [1.82, 2.24) is 5.32 Å². The van der Waals surface area contributed by atoms with Crippen LogP contribution in [0.2, 0.25) is 0 Å². The molecule has 0 spiro atoms. The van der Waals surface area contributed by atoms with Crippen LogP contribution in [-0.2, 0) is 4.74 Å². The van der Waals surface area contributed by atoms with Gasteiger partial charge in [-0.15, -0.1) is 0 Å². The van der Waals surface area contributed by atoms with E-state index >= 15 is 0 Å². The van der Waals surface area contributed by atoms with Gasteiger partial charge in [0.25, 0.3) is 0 Å². The Hall–Kier alpha value is -0.0800. The van der Waals surface area contributed by atoms with E-state index in [1.54, 1.807) is 0 Å². The van der Waals surface area contributed by atoms with Gasteiger partial charge in [0.15, 0.2) is 0 Å². The Bertz CT molecular complexity index is 197. The predicted molar refractivity (Wildman–Crippen MR) is 74.4 cm³/mol. The van der Waals surface area contributed by atoms with Crippen LogP contribution in [-0.4, -0.2) is 24.8 Å². The summed E-state index contributed by atoms with van der Waals surface area (Å²) in [6.07, 6.45) is 7.65. The number of hydrogen-bond acceptors (Lipinski definition) is 2. The van der Waals surface area contributed by atoms with E-state index in [1.807, 2.05) is 0 Å². The molecule has 1 saturated carbocycles. The summed E-state index contributed by atoms with van der Waals surface area (Å²) in [5.41, 5.74) is 0.110. The van der Waals surface area contributed by atoms with Crippen molar-refractivity contribution in [2.75, 3.05) is 13.2 Å². The van der Waals surface area contributed by atoms with Crippen LogP contribution in [0.1, 0.15) is 66.2 Å². The van der Waals surface area contributed by atoms with Crippen molar-refractivity contribution in [3.05, 3.63) is 0 Å². The summed E-state index contributed by atoms with van der Waals surface area (Å²) in [6.45, 7) is 10.9. The Kier molecular flexibility index (Phi) is 6.50. The minimum atomic E-state index is 0.110. The fourth-order valence-electron chi connectivity index (χ4n) is 3.47. The smallest absolute Gasteiger partial charge is 0.0837 e. The van der Waals surface area contributed by atoms with E-state index in [1.165, 1.54) is 38.5 Å². The summed E-state index contributed by atoms with van der Waals surface area (Å²) >= 11 is 0. The summed E-state index contributed by atoms with van der Waals surface area (Å²) in [7, 11) is 0. The molecule has 17 heavy (non-hydrogen) atoms. The van der Waals surface area contributed by atoms with Gasteiger partial charge in [-0.25, -0.2) is 0 Å². The minimum Gasteiger partial charge on any atom is -0.374 e. The fourth-order valence-corrected chi connectivity index (χ4v) is 3.47. The van der Waals surface area contributed by atoms with Crippen molar-refractivity contribution < 1.29 is 4.74 Å². The molecule has 102 valence electrons. The third kappa shape index (κ3) is 3.96. The molecule has 2 nitrogen and oxygen atoms in total. The van der Waals surface area contributed by atoms with Crippen molar-refractivity contribution in [2.24, 2.45) is 5.92 Å². The van der Waals surface area contributed by atoms with Gasteiger partial charge in [0.1, 0.15) is 0 Å². The van der Waals surface area contributed by atoms with Gasteiger partial charge in [0, 0.05) is 12.6 Å². The van der Waals surface area contributed by atoms with E-state index in [4.69, 9.17) is 4.74 Å². The van der Waals surface area contributed by atoms with Crippen LogP contribution in [0.3, 0.4) is 0 Å². The Morgan fingerprint density at radius 3 is 2.65 bits per heavy atom. The average Bonchev–Trinajstić information content (AvgIpc) is 2.29. The maximum absolute atomic E-state index is 6.25. The van der Waals surface area contributed by atoms with Crippen molar-refractivity contribution in [3.63, 3.8) is 0 Å². The third-order valence-electron chi connectivity index (χ3n) is 4.09. The molecule has 0 aromatic rings. The van der Waals surface area contributed by atoms with Crippen molar-refractivity contribution in [3.8, 4) is 0 Å². The summed E-state index contributed by atoms with van der Waals surface area (Å²) < 4.78 is 6.25. The Labute approximate surface area is 108 Å². The second-order valence-corrected chi connectivity index (χ2v) is 5.60. The number of nitrogens with one attached hydrogen (secondary N) is 1. The fraction of sp³-hybridized carbons (Fsp3) is 1.00. The van der Waals surface area contributed by atoms with E-state index in [9.17, 15) is 0 Å². The molecule has 0 saturated heterocycles. The number of ether oxygens (including phenoxy) is 1. The van der Waals surface area contributed by atoms with Crippen molar-refractivity contribution in [2.45, 2.75) is 77.9 Å². The quantitative estimate of drug-likeness (QED) is 0.733. The molecule has 0 amide bonds. The summed E-state index contributed by atoms with van der Waals surface area (Å²) in [6, 6.07) is 0.542. The Morgan fingerprint density at radius 1 is 1.35 bits per heavy atom.